The summed E-state index contributed by atoms with van der Waals surface area (Å²) in [4.78, 5) is 0. The van der Waals surface area contributed by atoms with E-state index in [0.29, 0.717) is 5.89 Å². The van der Waals surface area contributed by atoms with Crippen LogP contribution in [0.2, 0.25) is 0 Å². The molecule has 0 amide bonds. The van der Waals surface area contributed by atoms with Gasteiger partial charge in [-0.15, -0.1) is 10.2 Å². The molecule has 1 aliphatic carbocycles. The Hall–Kier alpha value is -0.900. The predicted molar refractivity (Wildman–Crippen MR) is 57.3 cm³/mol. The molecule has 0 saturated heterocycles. The first-order valence-electron chi connectivity index (χ1n) is 5.75. The van der Waals surface area contributed by atoms with Crippen LogP contribution in [0.4, 0.5) is 0 Å². The molecule has 4 heteroatoms. The molecule has 15 heavy (non-hydrogen) atoms. The van der Waals surface area contributed by atoms with E-state index in [9.17, 15) is 0 Å². The molecule has 1 fully saturated rings. The van der Waals surface area contributed by atoms with E-state index in [2.05, 4.69) is 17.1 Å². The number of aromatic nitrogens is 2. The summed E-state index contributed by atoms with van der Waals surface area (Å²) in [7, 11) is 0. The number of nitrogens with two attached hydrogens (primary N) is 1. The lowest BCUT2D eigenvalue weighted by Gasteiger charge is -2.17. The van der Waals surface area contributed by atoms with Crippen molar-refractivity contribution in [2.45, 2.75) is 57.4 Å². The van der Waals surface area contributed by atoms with Crippen LogP contribution in [0.5, 0.6) is 0 Å². The minimum absolute atomic E-state index is 0.0959. The maximum Gasteiger partial charge on any atom is 0.233 e. The second kappa shape index (κ2) is 3.93. The molecule has 0 aromatic carbocycles. The van der Waals surface area contributed by atoms with Gasteiger partial charge in [0, 0.05) is 5.41 Å². The topological polar surface area (TPSA) is 64.9 Å². The van der Waals surface area contributed by atoms with Crippen LogP contribution in [0, 0.1) is 0 Å². The zero-order valence-electron chi connectivity index (χ0n) is 9.49. The van der Waals surface area contributed by atoms with Crippen molar-refractivity contribution in [3.63, 3.8) is 0 Å². The van der Waals surface area contributed by atoms with Crippen molar-refractivity contribution in [3.05, 3.63) is 11.8 Å². The van der Waals surface area contributed by atoms with Crippen LogP contribution < -0.4 is 5.73 Å². The summed E-state index contributed by atoms with van der Waals surface area (Å²) in [5, 5.41) is 8.18. The lowest BCUT2D eigenvalue weighted by Crippen LogP contribution is -2.17. The summed E-state index contributed by atoms with van der Waals surface area (Å²) in [6.07, 6.45) is 5.65. The molecule has 0 aliphatic heterocycles. The lowest BCUT2D eigenvalue weighted by molar-refractivity contribution is 0.325. The average molecular weight is 209 g/mol. The normalized spacial score (nSPS) is 21.8. The maximum absolute atomic E-state index is 5.85. The summed E-state index contributed by atoms with van der Waals surface area (Å²) >= 11 is 0. The van der Waals surface area contributed by atoms with Crippen molar-refractivity contribution in [1.29, 1.82) is 0 Å². The first kappa shape index (κ1) is 10.6. The highest BCUT2D eigenvalue weighted by Gasteiger charge is 2.36. The van der Waals surface area contributed by atoms with Crippen molar-refractivity contribution < 1.29 is 4.42 Å². The summed E-state index contributed by atoms with van der Waals surface area (Å²) in [5.41, 5.74) is 5.95. The molecule has 1 atom stereocenters. The Morgan fingerprint density at radius 1 is 1.40 bits per heavy atom. The summed E-state index contributed by atoms with van der Waals surface area (Å²) < 4.78 is 5.68. The summed E-state index contributed by atoms with van der Waals surface area (Å²) in [6, 6.07) is -0.115. The fourth-order valence-corrected chi connectivity index (χ4v) is 2.17. The molecule has 2 N–H and O–H groups in total. The standard InChI is InChI=1S/C11H19N3O/c1-3-8(12)9-13-14-10(15-9)11(2)6-4-5-7-11/h8H,3-7,12H2,1-2H3. The van der Waals surface area contributed by atoms with Gasteiger partial charge in [-0.2, -0.15) is 0 Å². The van der Waals surface area contributed by atoms with Crippen molar-refractivity contribution in [2.75, 3.05) is 0 Å². The van der Waals surface area contributed by atoms with Gasteiger partial charge in [0.1, 0.15) is 0 Å². The number of rotatable bonds is 3. The van der Waals surface area contributed by atoms with Crippen LogP contribution >= 0.6 is 0 Å². The van der Waals surface area contributed by atoms with Crippen LogP contribution in [-0.2, 0) is 5.41 Å². The highest BCUT2D eigenvalue weighted by molar-refractivity contribution is 5.05. The van der Waals surface area contributed by atoms with Gasteiger partial charge < -0.3 is 10.2 Å². The highest BCUT2D eigenvalue weighted by Crippen LogP contribution is 2.40. The Morgan fingerprint density at radius 3 is 2.67 bits per heavy atom. The van der Waals surface area contributed by atoms with E-state index in [-0.39, 0.29) is 11.5 Å². The number of hydrogen-bond donors (Lipinski definition) is 1. The van der Waals surface area contributed by atoms with E-state index < -0.39 is 0 Å². The van der Waals surface area contributed by atoms with Gasteiger partial charge in [-0.1, -0.05) is 26.7 Å². The van der Waals surface area contributed by atoms with Crippen LogP contribution in [0.15, 0.2) is 4.42 Å². The molecule has 1 saturated carbocycles. The quantitative estimate of drug-likeness (QED) is 0.829. The van der Waals surface area contributed by atoms with Crippen molar-refractivity contribution in [1.82, 2.24) is 10.2 Å². The van der Waals surface area contributed by atoms with E-state index in [0.717, 1.165) is 25.2 Å². The molecule has 1 aliphatic rings. The molecule has 2 rings (SSSR count). The Kier molecular flexibility index (Phi) is 2.78. The number of nitrogens with zero attached hydrogens (tertiary/aromatic N) is 2. The second-order valence-corrected chi connectivity index (χ2v) is 4.73. The highest BCUT2D eigenvalue weighted by atomic mass is 16.4. The van der Waals surface area contributed by atoms with Gasteiger partial charge in [-0.25, -0.2) is 0 Å². The van der Waals surface area contributed by atoms with Gasteiger partial charge in [0.25, 0.3) is 0 Å². The van der Waals surface area contributed by atoms with Crippen LogP contribution in [0.25, 0.3) is 0 Å². The third-order valence-corrected chi connectivity index (χ3v) is 3.42. The Bertz CT molecular complexity index is 328. The third-order valence-electron chi connectivity index (χ3n) is 3.42. The van der Waals surface area contributed by atoms with Crippen molar-refractivity contribution >= 4 is 0 Å². The minimum atomic E-state index is -0.115. The van der Waals surface area contributed by atoms with Gasteiger partial charge >= 0.3 is 0 Å². The fourth-order valence-electron chi connectivity index (χ4n) is 2.17. The summed E-state index contributed by atoms with van der Waals surface area (Å²) in [5.74, 6) is 1.36. The third kappa shape index (κ3) is 1.91. The predicted octanol–water partition coefficient (Wildman–Crippen LogP) is 2.31. The van der Waals surface area contributed by atoms with Crippen LogP contribution in [0.3, 0.4) is 0 Å². The molecule has 0 spiro atoms. The largest absolute Gasteiger partial charge is 0.423 e. The van der Waals surface area contributed by atoms with Gasteiger partial charge in [-0.05, 0) is 19.3 Å². The molecule has 84 valence electrons. The molecule has 0 radical (unpaired) electrons. The molecule has 0 bridgehead atoms. The van der Waals surface area contributed by atoms with Gasteiger partial charge in [0.05, 0.1) is 6.04 Å². The zero-order chi connectivity index (χ0) is 10.9. The molecular formula is C11H19N3O. The van der Waals surface area contributed by atoms with E-state index in [1.807, 2.05) is 6.92 Å². The molecule has 1 unspecified atom stereocenters. The van der Waals surface area contributed by atoms with Gasteiger partial charge in [0.15, 0.2) is 0 Å². The van der Waals surface area contributed by atoms with E-state index in [4.69, 9.17) is 10.2 Å². The Labute approximate surface area is 90.3 Å². The van der Waals surface area contributed by atoms with Gasteiger partial charge in [-0.3, -0.25) is 0 Å². The second-order valence-electron chi connectivity index (χ2n) is 4.73. The molecule has 1 heterocycles. The Morgan fingerprint density at radius 2 is 2.07 bits per heavy atom. The molecule has 1 aromatic heterocycles. The monoisotopic (exact) mass is 209 g/mol. The van der Waals surface area contributed by atoms with Crippen molar-refractivity contribution in [2.24, 2.45) is 5.73 Å². The molecule has 4 nitrogen and oxygen atoms in total. The number of hydrogen-bond acceptors (Lipinski definition) is 4. The van der Waals surface area contributed by atoms with Crippen molar-refractivity contribution in [3.8, 4) is 0 Å². The van der Waals surface area contributed by atoms with Crippen LogP contribution in [0.1, 0.15) is 63.8 Å². The first-order chi connectivity index (χ1) is 7.15. The van der Waals surface area contributed by atoms with E-state index in [1.54, 1.807) is 0 Å². The smallest absolute Gasteiger partial charge is 0.233 e. The fraction of sp³-hybridized carbons (Fsp3) is 0.818. The summed E-state index contributed by atoms with van der Waals surface area (Å²) in [6.45, 7) is 4.22. The first-order valence-corrected chi connectivity index (χ1v) is 5.75. The maximum atomic E-state index is 5.85. The average Bonchev–Trinajstić information content (AvgIpc) is 2.85. The molecule has 1 aromatic rings. The van der Waals surface area contributed by atoms with E-state index >= 15 is 0 Å². The van der Waals surface area contributed by atoms with Crippen LogP contribution in [-0.4, -0.2) is 10.2 Å². The zero-order valence-corrected chi connectivity index (χ0v) is 9.49. The minimum Gasteiger partial charge on any atom is -0.423 e. The Balaban J connectivity index is 2.19. The molecular weight excluding hydrogens is 190 g/mol. The SMILES string of the molecule is CCC(N)c1nnc(C2(C)CCCC2)o1. The van der Waals surface area contributed by atoms with E-state index in [1.165, 1.54) is 12.8 Å². The lowest BCUT2D eigenvalue weighted by atomic mass is 9.89. The van der Waals surface area contributed by atoms with Gasteiger partial charge in [0.2, 0.25) is 11.8 Å².